The molecule has 0 radical (unpaired) electrons. The first kappa shape index (κ1) is 15.1. The number of aromatic carboxylic acids is 1. The van der Waals surface area contributed by atoms with Crippen LogP contribution in [0.3, 0.4) is 0 Å². The third-order valence-electron chi connectivity index (χ3n) is 2.88. The Labute approximate surface area is 137 Å². The molecule has 6 nitrogen and oxygen atoms in total. The van der Waals surface area contributed by atoms with Crippen LogP contribution < -0.4 is 0 Å². The van der Waals surface area contributed by atoms with E-state index in [4.69, 9.17) is 5.11 Å². The van der Waals surface area contributed by atoms with Gasteiger partial charge in [0, 0.05) is 11.6 Å². The van der Waals surface area contributed by atoms with Crippen LogP contribution in [0.4, 0.5) is 0 Å². The van der Waals surface area contributed by atoms with Crippen molar-refractivity contribution in [1.29, 1.82) is 0 Å². The first-order valence-corrected chi connectivity index (χ1v) is 8.99. The fourth-order valence-corrected chi connectivity index (χ4v) is 5.31. The van der Waals surface area contributed by atoms with Crippen LogP contribution in [0.1, 0.15) is 9.67 Å². The molecule has 3 aromatic rings. The molecule has 22 heavy (non-hydrogen) atoms. The van der Waals surface area contributed by atoms with Crippen molar-refractivity contribution in [2.45, 2.75) is 9.24 Å². The van der Waals surface area contributed by atoms with Crippen LogP contribution >= 0.6 is 27.3 Å². The topological polar surface area (TPSA) is 97.2 Å². The lowest BCUT2D eigenvalue weighted by Crippen LogP contribution is -2.03. The van der Waals surface area contributed by atoms with Crippen molar-refractivity contribution in [3.63, 3.8) is 0 Å². The molecule has 0 atom stereocenters. The number of fused-ring (bicyclic) bond motifs is 1. The number of pyridine rings is 1. The number of nitrogens with zero attached hydrogens (tertiary/aromatic N) is 2. The second kappa shape index (κ2) is 5.41. The van der Waals surface area contributed by atoms with Crippen molar-refractivity contribution in [2.24, 2.45) is 0 Å². The molecule has 0 aliphatic heterocycles. The molecule has 0 unspecified atom stereocenters. The van der Waals surface area contributed by atoms with Crippen LogP contribution in [-0.4, -0.2) is 29.5 Å². The van der Waals surface area contributed by atoms with Gasteiger partial charge in [-0.1, -0.05) is 29.5 Å². The van der Waals surface area contributed by atoms with Gasteiger partial charge in [0.15, 0.2) is 0 Å². The van der Waals surface area contributed by atoms with Gasteiger partial charge in [-0.25, -0.2) is 18.2 Å². The highest BCUT2D eigenvalue weighted by molar-refractivity contribution is 9.10. The van der Waals surface area contributed by atoms with E-state index in [1.807, 2.05) is 0 Å². The summed E-state index contributed by atoms with van der Waals surface area (Å²) in [6.45, 7) is 0. The standard InChI is InChI=1S/C13H7BrN2O4S2/c14-11-10(12(17)18)21-13(16-11)22(19,20)8-5-1-3-7-4-2-6-15-9(7)8/h1-6H,(H,17,18). The number of hydrogen-bond acceptors (Lipinski definition) is 6. The predicted octanol–water partition coefficient (Wildman–Crippen LogP) is 2.98. The van der Waals surface area contributed by atoms with Crippen molar-refractivity contribution >= 4 is 54.0 Å². The molecule has 112 valence electrons. The number of carboxylic acid groups (broad SMARTS) is 1. The van der Waals surface area contributed by atoms with E-state index in [1.165, 1.54) is 12.3 Å². The van der Waals surface area contributed by atoms with Gasteiger partial charge in [-0.2, -0.15) is 0 Å². The molecule has 2 heterocycles. The molecule has 0 fully saturated rings. The maximum absolute atomic E-state index is 12.7. The number of carboxylic acids is 1. The summed E-state index contributed by atoms with van der Waals surface area (Å²) in [4.78, 5) is 18.8. The largest absolute Gasteiger partial charge is 0.477 e. The van der Waals surface area contributed by atoms with Gasteiger partial charge in [0.2, 0.25) is 14.2 Å². The quantitative estimate of drug-likeness (QED) is 0.727. The Morgan fingerprint density at radius 2 is 1.95 bits per heavy atom. The van der Waals surface area contributed by atoms with Crippen molar-refractivity contribution in [2.75, 3.05) is 0 Å². The number of sulfone groups is 1. The summed E-state index contributed by atoms with van der Waals surface area (Å²) in [5.41, 5.74) is 0.327. The first-order chi connectivity index (χ1) is 10.4. The highest BCUT2D eigenvalue weighted by atomic mass is 79.9. The van der Waals surface area contributed by atoms with Gasteiger partial charge in [-0.15, -0.1) is 0 Å². The minimum atomic E-state index is -3.95. The van der Waals surface area contributed by atoms with Crippen LogP contribution in [-0.2, 0) is 9.84 Å². The lowest BCUT2D eigenvalue weighted by Gasteiger charge is -2.04. The number of rotatable bonds is 3. The third kappa shape index (κ3) is 2.40. The van der Waals surface area contributed by atoms with Crippen molar-refractivity contribution in [1.82, 2.24) is 9.97 Å². The molecular formula is C13H7BrN2O4S2. The van der Waals surface area contributed by atoms with E-state index in [9.17, 15) is 13.2 Å². The minimum absolute atomic E-state index is 0.00299. The van der Waals surface area contributed by atoms with E-state index < -0.39 is 15.8 Å². The van der Waals surface area contributed by atoms with Gasteiger partial charge in [0.1, 0.15) is 14.4 Å². The van der Waals surface area contributed by atoms with E-state index in [0.717, 1.165) is 0 Å². The predicted molar refractivity (Wildman–Crippen MR) is 84.0 cm³/mol. The van der Waals surface area contributed by atoms with Crippen LogP contribution in [0.25, 0.3) is 10.9 Å². The molecule has 0 spiro atoms. The van der Waals surface area contributed by atoms with Crippen LogP contribution in [0.2, 0.25) is 0 Å². The number of hydrogen-bond donors (Lipinski definition) is 1. The normalized spacial score (nSPS) is 11.7. The zero-order valence-corrected chi connectivity index (χ0v) is 13.9. The van der Waals surface area contributed by atoms with Crippen molar-refractivity contribution in [3.05, 3.63) is 46.0 Å². The average Bonchev–Trinajstić information content (AvgIpc) is 2.89. The summed E-state index contributed by atoms with van der Waals surface area (Å²) in [5, 5.41) is 9.70. The Bertz CT molecular complexity index is 993. The number of para-hydroxylation sites is 1. The van der Waals surface area contributed by atoms with E-state index in [1.54, 1.807) is 24.3 Å². The van der Waals surface area contributed by atoms with Gasteiger partial charge in [-0.05, 0) is 28.1 Å². The van der Waals surface area contributed by atoms with Crippen molar-refractivity contribution < 1.29 is 18.3 Å². The molecule has 2 aromatic heterocycles. The smallest absolute Gasteiger partial charge is 0.348 e. The summed E-state index contributed by atoms with van der Waals surface area (Å²) in [6, 6.07) is 8.25. The number of benzene rings is 1. The lowest BCUT2D eigenvalue weighted by molar-refractivity contribution is 0.0701. The van der Waals surface area contributed by atoms with E-state index >= 15 is 0 Å². The minimum Gasteiger partial charge on any atom is -0.477 e. The van der Waals surface area contributed by atoms with Gasteiger partial charge >= 0.3 is 5.97 Å². The van der Waals surface area contributed by atoms with Gasteiger partial charge < -0.3 is 5.11 Å². The molecule has 0 aliphatic rings. The Morgan fingerprint density at radius 3 is 2.64 bits per heavy atom. The van der Waals surface area contributed by atoms with E-state index in [0.29, 0.717) is 22.2 Å². The molecule has 9 heteroatoms. The molecule has 1 N–H and O–H groups in total. The number of carbonyl (C=O) groups is 1. The molecular weight excluding hydrogens is 392 g/mol. The Balaban J connectivity index is 2.25. The summed E-state index contributed by atoms with van der Waals surface area (Å²) >= 11 is 3.58. The summed E-state index contributed by atoms with van der Waals surface area (Å²) in [5.74, 6) is -1.23. The highest BCUT2D eigenvalue weighted by Crippen LogP contribution is 2.32. The molecule has 3 rings (SSSR count). The molecule has 0 saturated heterocycles. The lowest BCUT2D eigenvalue weighted by atomic mass is 10.2. The molecule has 0 bridgehead atoms. The zero-order valence-electron chi connectivity index (χ0n) is 10.7. The second-order valence-corrected chi connectivity index (χ2v) is 8.08. The van der Waals surface area contributed by atoms with Gasteiger partial charge in [0.25, 0.3) is 0 Å². The Kier molecular flexibility index (Phi) is 3.71. The number of halogens is 1. The van der Waals surface area contributed by atoms with E-state index in [2.05, 4.69) is 25.9 Å². The van der Waals surface area contributed by atoms with Crippen LogP contribution in [0.5, 0.6) is 0 Å². The average molecular weight is 399 g/mol. The summed E-state index contributed by atoms with van der Waals surface area (Å²) < 4.78 is 25.2. The van der Waals surface area contributed by atoms with Crippen LogP contribution in [0.15, 0.2) is 50.4 Å². The fraction of sp³-hybridized carbons (Fsp3) is 0. The SMILES string of the molecule is O=C(O)c1sc(S(=O)(=O)c2cccc3cccnc23)nc1Br. The number of thiazole rings is 1. The second-order valence-electron chi connectivity index (χ2n) is 4.24. The van der Waals surface area contributed by atoms with Crippen molar-refractivity contribution in [3.8, 4) is 0 Å². The van der Waals surface area contributed by atoms with Crippen LogP contribution in [0, 0.1) is 0 Å². The Morgan fingerprint density at radius 1 is 1.23 bits per heavy atom. The molecule has 0 saturated carbocycles. The molecule has 0 amide bonds. The monoisotopic (exact) mass is 398 g/mol. The van der Waals surface area contributed by atoms with Gasteiger partial charge in [0.05, 0.1) is 5.52 Å². The first-order valence-electron chi connectivity index (χ1n) is 5.89. The summed E-state index contributed by atoms with van der Waals surface area (Å²) in [6.07, 6.45) is 1.50. The third-order valence-corrected chi connectivity index (χ3v) is 6.92. The molecule has 1 aromatic carbocycles. The maximum Gasteiger partial charge on any atom is 0.348 e. The number of aromatic nitrogens is 2. The van der Waals surface area contributed by atoms with E-state index in [-0.39, 0.29) is 18.7 Å². The zero-order chi connectivity index (χ0) is 15.9. The summed E-state index contributed by atoms with van der Waals surface area (Å²) in [7, 11) is -3.95. The Hall–Kier alpha value is -1.84. The highest BCUT2D eigenvalue weighted by Gasteiger charge is 2.28. The van der Waals surface area contributed by atoms with Gasteiger partial charge in [-0.3, -0.25) is 4.98 Å². The maximum atomic E-state index is 12.7. The fourth-order valence-electron chi connectivity index (χ4n) is 1.92. The molecule has 0 aliphatic carbocycles.